The van der Waals surface area contributed by atoms with Crippen LogP contribution in [-0.2, 0) is 15.1 Å². The third-order valence-electron chi connectivity index (χ3n) is 6.94. The maximum atomic E-state index is 13.5. The topological polar surface area (TPSA) is 82.7 Å². The predicted octanol–water partition coefficient (Wildman–Crippen LogP) is 2.95. The van der Waals surface area contributed by atoms with Crippen LogP contribution in [0.2, 0.25) is 0 Å². The van der Waals surface area contributed by atoms with Gasteiger partial charge >= 0.3 is 0 Å². The van der Waals surface area contributed by atoms with Crippen LogP contribution in [0.3, 0.4) is 0 Å². The first-order chi connectivity index (χ1) is 17.1. The number of fused-ring (bicyclic) bond motifs is 1. The number of carbonyl (C=O) groups excluding carboxylic acids is 2. The Balaban J connectivity index is 1.66. The Morgan fingerprint density at radius 2 is 1.69 bits per heavy atom. The zero-order valence-electron chi connectivity index (χ0n) is 19.8. The van der Waals surface area contributed by atoms with Crippen molar-refractivity contribution in [2.75, 3.05) is 31.8 Å². The first-order valence-corrected chi connectivity index (χ1v) is 12.0. The number of nitrogens with one attached hydrogen (secondary N) is 3. The summed E-state index contributed by atoms with van der Waals surface area (Å²) in [7, 11) is 1.64. The lowest BCUT2D eigenvalue weighted by Crippen LogP contribution is -2.52. The number of nitrogens with zero attached hydrogens (tertiary/aromatic N) is 1. The molecule has 3 aromatic rings. The van der Waals surface area contributed by atoms with Crippen LogP contribution in [0.25, 0.3) is 0 Å². The largest absolute Gasteiger partial charge is 0.497 e. The predicted molar refractivity (Wildman–Crippen MR) is 135 cm³/mol. The average molecular weight is 471 g/mol. The number of methoxy groups -OCH3 is 1. The van der Waals surface area contributed by atoms with E-state index in [1.54, 1.807) is 7.11 Å². The van der Waals surface area contributed by atoms with Crippen molar-refractivity contribution in [3.63, 3.8) is 0 Å². The lowest BCUT2D eigenvalue weighted by Gasteiger charge is -2.36. The summed E-state index contributed by atoms with van der Waals surface area (Å²) in [5, 5.41) is 8.27. The van der Waals surface area contributed by atoms with Crippen LogP contribution in [0, 0.1) is 5.92 Å². The molecule has 1 unspecified atom stereocenters. The van der Waals surface area contributed by atoms with Crippen molar-refractivity contribution < 1.29 is 14.3 Å². The Hall–Kier alpha value is -3.68. The minimum absolute atomic E-state index is 0.0350. The first-order valence-electron chi connectivity index (χ1n) is 12.0. The van der Waals surface area contributed by atoms with Crippen molar-refractivity contribution in [1.29, 1.82) is 0 Å². The summed E-state index contributed by atoms with van der Waals surface area (Å²) >= 11 is 0. The molecule has 0 saturated carbocycles. The molecule has 2 amide bonds. The molecule has 0 aromatic heterocycles. The molecule has 5 rings (SSSR count). The molecule has 180 valence electrons. The molecule has 2 aliphatic heterocycles. The number of amides is 2. The number of hydrogen-bond acceptors (Lipinski definition) is 5. The van der Waals surface area contributed by atoms with Crippen LogP contribution in [0.4, 0.5) is 5.69 Å². The minimum Gasteiger partial charge on any atom is -0.497 e. The maximum absolute atomic E-state index is 13.5. The van der Waals surface area contributed by atoms with E-state index < -0.39 is 5.54 Å². The van der Waals surface area contributed by atoms with Gasteiger partial charge in [0.25, 0.3) is 5.91 Å². The highest BCUT2D eigenvalue weighted by atomic mass is 16.5. The summed E-state index contributed by atoms with van der Waals surface area (Å²) in [5.41, 5.74) is 5.56. The molecule has 0 radical (unpaired) electrons. The number of benzene rings is 3. The number of hydrazine groups is 1. The van der Waals surface area contributed by atoms with Gasteiger partial charge in [-0.15, -0.1) is 0 Å². The average Bonchev–Trinajstić information content (AvgIpc) is 3.05. The van der Waals surface area contributed by atoms with Gasteiger partial charge in [0.15, 0.2) is 0 Å². The van der Waals surface area contributed by atoms with Crippen LogP contribution in [0.1, 0.15) is 29.5 Å². The van der Waals surface area contributed by atoms with E-state index >= 15 is 0 Å². The van der Waals surface area contributed by atoms with E-state index in [4.69, 9.17) is 4.74 Å². The number of carbonyl (C=O) groups is 2. The molecule has 0 aliphatic carbocycles. The van der Waals surface area contributed by atoms with Crippen molar-refractivity contribution in [1.82, 2.24) is 16.1 Å². The van der Waals surface area contributed by atoms with Crippen molar-refractivity contribution in [3.8, 4) is 5.75 Å². The molecule has 1 saturated heterocycles. The summed E-state index contributed by atoms with van der Waals surface area (Å²) in [4.78, 5) is 26.6. The van der Waals surface area contributed by atoms with Gasteiger partial charge in [-0.2, -0.15) is 0 Å². The normalized spacial score (nSPS) is 20.6. The van der Waals surface area contributed by atoms with Crippen LogP contribution in [-0.4, -0.2) is 38.6 Å². The Morgan fingerprint density at radius 1 is 0.971 bits per heavy atom. The molecule has 3 aromatic carbocycles. The van der Waals surface area contributed by atoms with E-state index in [0.717, 1.165) is 48.4 Å². The fraction of sp³-hybridized carbons (Fsp3) is 0.286. The standard InChI is InChI=1S/C28H30N4O3/c1-35-23-11-7-10-22(18-23)28(21-8-3-2-4-9-21)24-12-5-6-13-25(24)32(26(33)19-30-28)31-27(34)20-14-16-29-17-15-20/h2-13,18,20,29-30H,14-17,19H2,1H3,(H,31,34). The second-order valence-electron chi connectivity index (χ2n) is 8.95. The van der Waals surface area contributed by atoms with Crippen LogP contribution in [0.5, 0.6) is 5.75 Å². The third-order valence-corrected chi connectivity index (χ3v) is 6.94. The monoisotopic (exact) mass is 470 g/mol. The smallest absolute Gasteiger partial charge is 0.259 e. The van der Waals surface area contributed by atoms with Gasteiger partial charge < -0.3 is 10.1 Å². The van der Waals surface area contributed by atoms with Gasteiger partial charge in [0.05, 0.1) is 24.9 Å². The molecular weight excluding hydrogens is 440 g/mol. The van der Waals surface area contributed by atoms with E-state index in [1.807, 2.05) is 66.7 Å². The highest BCUT2D eigenvalue weighted by molar-refractivity contribution is 6.00. The van der Waals surface area contributed by atoms with Gasteiger partial charge in [0, 0.05) is 11.5 Å². The fourth-order valence-electron chi connectivity index (χ4n) is 5.14. The number of para-hydroxylation sites is 1. The minimum atomic E-state index is -0.837. The van der Waals surface area contributed by atoms with Crippen molar-refractivity contribution in [2.24, 2.45) is 5.92 Å². The van der Waals surface area contributed by atoms with Gasteiger partial charge in [0.2, 0.25) is 5.91 Å². The van der Waals surface area contributed by atoms with Gasteiger partial charge in [-0.25, -0.2) is 5.01 Å². The Morgan fingerprint density at radius 3 is 2.46 bits per heavy atom. The summed E-state index contributed by atoms with van der Waals surface area (Å²) in [6.07, 6.45) is 1.51. The fourth-order valence-corrected chi connectivity index (χ4v) is 5.14. The zero-order chi connectivity index (χ0) is 24.3. The first kappa shape index (κ1) is 23.1. The summed E-state index contributed by atoms with van der Waals surface area (Å²) in [6, 6.07) is 25.7. The number of piperidine rings is 1. The van der Waals surface area contributed by atoms with Crippen molar-refractivity contribution in [2.45, 2.75) is 18.4 Å². The Labute approximate surface area is 205 Å². The molecule has 35 heavy (non-hydrogen) atoms. The number of rotatable bonds is 5. The molecule has 7 heteroatoms. The number of hydrogen-bond donors (Lipinski definition) is 3. The Bertz CT molecular complexity index is 1210. The molecule has 3 N–H and O–H groups in total. The second-order valence-corrected chi connectivity index (χ2v) is 8.95. The zero-order valence-corrected chi connectivity index (χ0v) is 19.8. The van der Waals surface area contributed by atoms with Crippen LogP contribution >= 0.6 is 0 Å². The molecule has 7 nitrogen and oxygen atoms in total. The molecule has 1 fully saturated rings. The van der Waals surface area contributed by atoms with E-state index in [1.165, 1.54) is 5.01 Å². The van der Waals surface area contributed by atoms with E-state index in [0.29, 0.717) is 5.69 Å². The van der Waals surface area contributed by atoms with Crippen LogP contribution < -0.4 is 25.8 Å². The van der Waals surface area contributed by atoms with E-state index in [-0.39, 0.29) is 24.3 Å². The number of ether oxygens (including phenoxy) is 1. The highest BCUT2D eigenvalue weighted by Crippen LogP contribution is 2.43. The van der Waals surface area contributed by atoms with Gasteiger partial charge in [0.1, 0.15) is 5.75 Å². The molecular formula is C28H30N4O3. The molecule has 0 bridgehead atoms. The van der Waals surface area contributed by atoms with Gasteiger partial charge in [-0.1, -0.05) is 60.7 Å². The number of anilines is 1. The van der Waals surface area contributed by atoms with Gasteiger partial charge in [-0.05, 0) is 55.3 Å². The summed E-state index contributed by atoms with van der Waals surface area (Å²) < 4.78 is 5.54. The Kier molecular flexibility index (Phi) is 6.53. The highest BCUT2D eigenvalue weighted by Gasteiger charge is 2.43. The quantitative estimate of drug-likeness (QED) is 0.534. The third kappa shape index (κ3) is 4.29. The maximum Gasteiger partial charge on any atom is 0.259 e. The van der Waals surface area contributed by atoms with Gasteiger partial charge in [-0.3, -0.25) is 20.3 Å². The SMILES string of the molecule is COc1cccc(C2(c3ccccc3)NCC(=O)N(NC(=O)C3CCNCC3)c3ccccc32)c1. The summed E-state index contributed by atoms with van der Waals surface area (Å²) in [5.74, 6) is 0.261. The molecule has 2 heterocycles. The van der Waals surface area contributed by atoms with E-state index in [9.17, 15) is 9.59 Å². The van der Waals surface area contributed by atoms with Crippen molar-refractivity contribution in [3.05, 3.63) is 95.6 Å². The van der Waals surface area contributed by atoms with E-state index in [2.05, 4.69) is 28.2 Å². The lowest BCUT2D eigenvalue weighted by atomic mass is 9.76. The second kappa shape index (κ2) is 9.90. The molecule has 1 atom stereocenters. The van der Waals surface area contributed by atoms with Crippen LogP contribution in [0.15, 0.2) is 78.9 Å². The molecule has 0 spiro atoms. The lowest BCUT2D eigenvalue weighted by molar-refractivity contribution is -0.129. The van der Waals surface area contributed by atoms with Crippen molar-refractivity contribution >= 4 is 17.5 Å². The summed E-state index contributed by atoms with van der Waals surface area (Å²) in [6.45, 7) is 1.64. The molecule has 2 aliphatic rings.